The highest BCUT2D eigenvalue weighted by Crippen LogP contribution is 2.11. The molecule has 0 saturated carbocycles. The quantitative estimate of drug-likeness (QED) is 0.700. The molecule has 2 rings (SSSR count). The smallest absolute Gasteiger partial charge is 0.488 e. The highest BCUT2D eigenvalue weighted by atomic mass is 16.5. The number of rotatable bonds is 5. The minimum atomic E-state index is -1.47. The van der Waals surface area contributed by atoms with Crippen LogP contribution in [0.4, 0.5) is 0 Å². The van der Waals surface area contributed by atoms with E-state index in [1.54, 1.807) is 24.3 Å². The molecule has 1 heterocycles. The van der Waals surface area contributed by atoms with Gasteiger partial charge in [-0.2, -0.15) is 0 Å². The molecule has 0 spiro atoms. The maximum absolute atomic E-state index is 9.10. The second-order valence-electron chi connectivity index (χ2n) is 4.64. The highest BCUT2D eigenvalue weighted by molar-refractivity contribution is 6.58. The Morgan fingerprint density at radius 1 is 1.47 bits per heavy atom. The lowest BCUT2D eigenvalue weighted by Crippen LogP contribution is -2.44. The van der Waals surface area contributed by atoms with Crippen molar-refractivity contribution in [1.29, 1.82) is 0 Å². The predicted molar refractivity (Wildman–Crippen MR) is 73.6 cm³/mol. The summed E-state index contributed by atoms with van der Waals surface area (Å²) in [7, 11) is -1.47. The van der Waals surface area contributed by atoms with Gasteiger partial charge in [0.1, 0.15) is 18.5 Å². The van der Waals surface area contributed by atoms with Gasteiger partial charge in [-0.1, -0.05) is 19.1 Å². The van der Waals surface area contributed by atoms with Crippen LogP contribution >= 0.6 is 0 Å². The summed E-state index contributed by atoms with van der Waals surface area (Å²) in [5, 5.41) is 18.2. The Morgan fingerprint density at radius 2 is 2.32 bits per heavy atom. The Hall–Kier alpha value is -1.08. The van der Waals surface area contributed by atoms with E-state index in [9.17, 15) is 0 Å². The van der Waals surface area contributed by atoms with E-state index in [0.29, 0.717) is 17.8 Å². The van der Waals surface area contributed by atoms with Crippen LogP contribution in [0.25, 0.3) is 0 Å². The van der Waals surface area contributed by atoms with Crippen molar-refractivity contribution in [2.45, 2.75) is 13.0 Å². The number of benzene rings is 1. The van der Waals surface area contributed by atoms with Crippen LogP contribution in [0.1, 0.15) is 6.92 Å². The molecule has 1 unspecified atom stereocenters. The first kappa shape index (κ1) is 14.3. The van der Waals surface area contributed by atoms with Crippen molar-refractivity contribution >= 4 is 12.6 Å². The molecule has 1 aliphatic rings. The van der Waals surface area contributed by atoms with Crippen LogP contribution in [0.5, 0.6) is 5.75 Å². The maximum Gasteiger partial charge on any atom is 0.488 e. The van der Waals surface area contributed by atoms with Gasteiger partial charge in [0, 0.05) is 13.1 Å². The van der Waals surface area contributed by atoms with Crippen molar-refractivity contribution < 1.29 is 19.5 Å². The summed E-state index contributed by atoms with van der Waals surface area (Å²) in [5.41, 5.74) is 0.428. The van der Waals surface area contributed by atoms with Crippen LogP contribution in [0.2, 0.25) is 0 Å². The molecule has 1 atom stereocenters. The highest BCUT2D eigenvalue weighted by Gasteiger charge is 2.20. The molecule has 6 heteroatoms. The number of hydrogen-bond acceptors (Lipinski definition) is 5. The van der Waals surface area contributed by atoms with Gasteiger partial charge in [0.05, 0.1) is 6.61 Å². The van der Waals surface area contributed by atoms with Gasteiger partial charge in [-0.05, 0) is 24.1 Å². The Balaban J connectivity index is 1.86. The summed E-state index contributed by atoms with van der Waals surface area (Å²) in [6.07, 6.45) is 0.0661. The number of nitrogens with zero attached hydrogens (tertiary/aromatic N) is 1. The summed E-state index contributed by atoms with van der Waals surface area (Å²) >= 11 is 0. The molecule has 19 heavy (non-hydrogen) atoms. The fourth-order valence-corrected chi connectivity index (χ4v) is 2.12. The lowest BCUT2D eigenvalue weighted by molar-refractivity contribution is -0.0463. The SMILES string of the molecule is CCN1CCOC(COc2cccc(B(O)O)c2)C1. The van der Waals surface area contributed by atoms with E-state index in [2.05, 4.69) is 11.8 Å². The summed E-state index contributed by atoms with van der Waals surface area (Å²) in [6.45, 7) is 6.21. The van der Waals surface area contributed by atoms with E-state index in [-0.39, 0.29) is 6.10 Å². The molecule has 0 amide bonds. The largest absolute Gasteiger partial charge is 0.491 e. The molecule has 1 aliphatic heterocycles. The Labute approximate surface area is 113 Å². The van der Waals surface area contributed by atoms with E-state index >= 15 is 0 Å². The molecule has 0 radical (unpaired) electrons. The molecule has 1 fully saturated rings. The third kappa shape index (κ3) is 4.21. The van der Waals surface area contributed by atoms with Crippen LogP contribution < -0.4 is 10.2 Å². The molecule has 1 aromatic rings. The Bertz CT molecular complexity index is 402. The number of hydrogen-bond donors (Lipinski definition) is 2. The first-order valence-corrected chi connectivity index (χ1v) is 6.62. The van der Waals surface area contributed by atoms with Crippen LogP contribution in [0.15, 0.2) is 24.3 Å². The zero-order chi connectivity index (χ0) is 13.7. The minimum Gasteiger partial charge on any atom is -0.491 e. The monoisotopic (exact) mass is 265 g/mol. The van der Waals surface area contributed by atoms with Crippen LogP contribution in [0.3, 0.4) is 0 Å². The summed E-state index contributed by atoms with van der Waals surface area (Å²) in [5.74, 6) is 0.628. The minimum absolute atomic E-state index is 0.0661. The molecule has 1 aromatic carbocycles. The lowest BCUT2D eigenvalue weighted by Gasteiger charge is -2.31. The van der Waals surface area contributed by atoms with Gasteiger partial charge in [0.25, 0.3) is 0 Å². The zero-order valence-corrected chi connectivity index (χ0v) is 11.2. The Morgan fingerprint density at radius 3 is 3.05 bits per heavy atom. The average Bonchev–Trinajstić information content (AvgIpc) is 2.45. The van der Waals surface area contributed by atoms with Crippen LogP contribution in [-0.2, 0) is 4.74 Å². The molecule has 2 N–H and O–H groups in total. The van der Waals surface area contributed by atoms with Gasteiger partial charge in [-0.15, -0.1) is 0 Å². The molecule has 5 nitrogen and oxygen atoms in total. The van der Waals surface area contributed by atoms with Crippen molar-refractivity contribution in [2.75, 3.05) is 32.8 Å². The average molecular weight is 265 g/mol. The number of ether oxygens (including phenoxy) is 2. The van der Waals surface area contributed by atoms with Crippen molar-refractivity contribution in [3.63, 3.8) is 0 Å². The number of morpholine rings is 1. The van der Waals surface area contributed by atoms with Gasteiger partial charge in [-0.3, -0.25) is 4.90 Å². The van der Waals surface area contributed by atoms with Gasteiger partial charge in [-0.25, -0.2) is 0 Å². The van der Waals surface area contributed by atoms with Crippen LogP contribution in [0, 0.1) is 0 Å². The van der Waals surface area contributed by atoms with E-state index in [1.807, 2.05) is 0 Å². The van der Waals surface area contributed by atoms with Crippen molar-refractivity contribution in [3.8, 4) is 5.75 Å². The third-order valence-corrected chi connectivity index (χ3v) is 3.26. The molecule has 1 saturated heterocycles. The second-order valence-corrected chi connectivity index (χ2v) is 4.64. The predicted octanol–water partition coefficient (Wildman–Crippen LogP) is -0.534. The van der Waals surface area contributed by atoms with Gasteiger partial charge >= 0.3 is 7.12 Å². The van der Waals surface area contributed by atoms with Crippen molar-refractivity contribution in [3.05, 3.63) is 24.3 Å². The fourth-order valence-electron chi connectivity index (χ4n) is 2.12. The van der Waals surface area contributed by atoms with Gasteiger partial charge in [0.15, 0.2) is 0 Å². The first-order chi connectivity index (χ1) is 9.19. The van der Waals surface area contributed by atoms with E-state index in [4.69, 9.17) is 19.5 Å². The number of likely N-dealkylation sites (N-methyl/N-ethyl adjacent to an activating group) is 1. The van der Waals surface area contributed by atoms with Crippen molar-refractivity contribution in [1.82, 2.24) is 4.90 Å². The molecule has 104 valence electrons. The standard InChI is InChI=1S/C13H20BNO4/c1-2-15-6-7-18-13(9-15)10-19-12-5-3-4-11(8-12)14(16)17/h3-5,8,13,16-17H,2,6-7,9-10H2,1H3. The van der Waals surface area contributed by atoms with Crippen LogP contribution in [-0.4, -0.2) is 61.0 Å². The fraction of sp³-hybridized carbons (Fsp3) is 0.538. The zero-order valence-electron chi connectivity index (χ0n) is 11.2. The molecular formula is C13H20BNO4. The van der Waals surface area contributed by atoms with Crippen molar-refractivity contribution in [2.24, 2.45) is 0 Å². The van der Waals surface area contributed by atoms with E-state index in [0.717, 1.165) is 26.2 Å². The molecular weight excluding hydrogens is 245 g/mol. The first-order valence-electron chi connectivity index (χ1n) is 6.62. The topological polar surface area (TPSA) is 62.2 Å². The molecule has 0 aliphatic carbocycles. The van der Waals surface area contributed by atoms with E-state index < -0.39 is 7.12 Å². The normalized spacial score (nSPS) is 20.3. The third-order valence-electron chi connectivity index (χ3n) is 3.26. The van der Waals surface area contributed by atoms with Gasteiger partial charge < -0.3 is 19.5 Å². The summed E-state index contributed by atoms with van der Waals surface area (Å²) < 4.78 is 11.3. The Kier molecular flexibility index (Phi) is 5.21. The summed E-state index contributed by atoms with van der Waals surface area (Å²) in [4.78, 5) is 2.32. The van der Waals surface area contributed by atoms with E-state index in [1.165, 1.54) is 0 Å². The summed E-state index contributed by atoms with van der Waals surface area (Å²) in [6, 6.07) is 6.81. The second kappa shape index (κ2) is 6.91. The molecule has 0 aromatic heterocycles. The molecule has 0 bridgehead atoms. The lowest BCUT2D eigenvalue weighted by atomic mass is 9.80. The maximum atomic E-state index is 9.10. The van der Waals surface area contributed by atoms with Gasteiger partial charge in [0.2, 0.25) is 0 Å².